The summed E-state index contributed by atoms with van der Waals surface area (Å²) in [6.45, 7) is 5.96. The van der Waals surface area contributed by atoms with Crippen molar-refractivity contribution >= 4 is 6.09 Å². The molecular weight excluding hydrogens is 182 g/mol. The lowest BCUT2D eigenvalue weighted by Crippen LogP contribution is -2.26. The summed E-state index contributed by atoms with van der Waals surface area (Å²) in [5, 5.41) is 9.27. The molecule has 0 saturated carbocycles. The second-order valence-electron chi connectivity index (χ2n) is 3.33. The highest BCUT2D eigenvalue weighted by atomic mass is 16.6. The third-order valence-corrected chi connectivity index (χ3v) is 1.70. The van der Waals surface area contributed by atoms with Gasteiger partial charge in [-0.15, -0.1) is 0 Å². The Morgan fingerprint density at radius 3 is 2.93 bits per heavy atom. The standard InChI is InChI=1S/C9H15N3O2/c1-6(2)14-9(13)10-4-8-5-11-12-7(8)3/h5-6H,4H2,1-3H3,(H,10,13)(H,11,12). The highest BCUT2D eigenvalue weighted by Gasteiger charge is 2.06. The summed E-state index contributed by atoms with van der Waals surface area (Å²) in [6.07, 6.45) is 1.19. The Balaban J connectivity index is 2.34. The minimum absolute atomic E-state index is 0.0968. The number of hydrogen-bond acceptors (Lipinski definition) is 3. The van der Waals surface area contributed by atoms with Gasteiger partial charge in [-0.05, 0) is 20.8 Å². The van der Waals surface area contributed by atoms with Gasteiger partial charge in [0.2, 0.25) is 0 Å². The summed E-state index contributed by atoms with van der Waals surface area (Å²) in [7, 11) is 0. The van der Waals surface area contributed by atoms with Gasteiger partial charge in [-0.2, -0.15) is 5.10 Å². The number of H-pyrrole nitrogens is 1. The molecule has 0 radical (unpaired) electrons. The van der Waals surface area contributed by atoms with Gasteiger partial charge in [0, 0.05) is 17.8 Å². The number of nitrogens with one attached hydrogen (secondary N) is 2. The minimum Gasteiger partial charge on any atom is -0.447 e. The Hall–Kier alpha value is -1.52. The van der Waals surface area contributed by atoms with E-state index in [-0.39, 0.29) is 6.10 Å². The van der Waals surface area contributed by atoms with Crippen LogP contribution in [0.4, 0.5) is 4.79 Å². The van der Waals surface area contributed by atoms with Crippen molar-refractivity contribution in [2.45, 2.75) is 33.4 Å². The van der Waals surface area contributed by atoms with E-state index in [4.69, 9.17) is 4.74 Å². The number of carbonyl (C=O) groups excluding carboxylic acids is 1. The van der Waals surface area contributed by atoms with E-state index in [9.17, 15) is 4.79 Å². The van der Waals surface area contributed by atoms with Gasteiger partial charge in [0.05, 0.1) is 12.3 Å². The van der Waals surface area contributed by atoms with E-state index in [1.165, 1.54) is 0 Å². The third-order valence-electron chi connectivity index (χ3n) is 1.70. The van der Waals surface area contributed by atoms with Crippen LogP contribution in [0.3, 0.4) is 0 Å². The lowest BCUT2D eigenvalue weighted by Gasteiger charge is -2.08. The zero-order valence-corrected chi connectivity index (χ0v) is 8.63. The zero-order valence-electron chi connectivity index (χ0n) is 8.63. The van der Waals surface area contributed by atoms with E-state index in [2.05, 4.69) is 15.5 Å². The number of rotatable bonds is 3. The quantitative estimate of drug-likeness (QED) is 0.768. The van der Waals surface area contributed by atoms with Gasteiger partial charge >= 0.3 is 6.09 Å². The second-order valence-corrected chi connectivity index (χ2v) is 3.33. The lowest BCUT2D eigenvalue weighted by molar-refractivity contribution is 0.115. The van der Waals surface area contributed by atoms with Crippen molar-refractivity contribution in [1.82, 2.24) is 15.5 Å². The topological polar surface area (TPSA) is 67.0 Å². The number of hydrogen-bond donors (Lipinski definition) is 2. The van der Waals surface area contributed by atoms with Crippen LogP contribution in [0.15, 0.2) is 6.20 Å². The van der Waals surface area contributed by atoms with Crippen molar-refractivity contribution in [1.29, 1.82) is 0 Å². The van der Waals surface area contributed by atoms with Crippen molar-refractivity contribution in [2.75, 3.05) is 0 Å². The van der Waals surface area contributed by atoms with Crippen molar-refractivity contribution in [3.63, 3.8) is 0 Å². The van der Waals surface area contributed by atoms with Gasteiger partial charge in [0.15, 0.2) is 0 Å². The van der Waals surface area contributed by atoms with Crippen molar-refractivity contribution in [3.05, 3.63) is 17.5 Å². The van der Waals surface area contributed by atoms with Gasteiger partial charge < -0.3 is 10.1 Å². The molecule has 0 aliphatic heterocycles. The van der Waals surface area contributed by atoms with Crippen molar-refractivity contribution < 1.29 is 9.53 Å². The van der Waals surface area contributed by atoms with Gasteiger partial charge in [-0.1, -0.05) is 0 Å². The highest BCUT2D eigenvalue weighted by molar-refractivity contribution is 5.67. The van der Waals surface area contributed by atoms with Crippen LogP contribution in [0.1, 0.15) is 25.1 Å². The summed E-state index contributed by atoms with van der Waals surface area (Å²) in [4.78, 5) is 11.1. The highest BCUT2D eigenvalue weighted by Crippen LogP contribution is 2.01. The van der Waals surface area contributed by atoms with Crippen LogP contribution in [-0.2, 0) is 11.3 Å². The maximum absolute atomic E-state index is 11.1. The molecule has 0 spiro atoms. The summed E-state index contributed by atoms with van der Waals surface area (Å²) in [6, 6.07) is 0. The first-order valence-electron chi connectivity index (χ1n) is 4.53. The van der Waals surface area contributed by atoms with Crippen LogP contribution < -0.4 is 5.32 Å². The summed E-state index contributed by atoms with van der Waals surface area (Å²) in [5.41, 5.74) is 1.92. The van der Waals surface area contributed by atoms with E-state index in [0.717, 1.165) is 11.3 Å². The summed E-state index contributed by atoms with van der Waals surface area (Å²) < 4.78 is 4.91. The molecule has 14 heavy (non-hydrogen) atoms. The van der Waals surface area contributed by atoms with Gasteiger partial charge in [-0.25, -0.2) is 4.79 Å². The smallest absolute Gasteiger partial charge is 0.407 e. The molecule has 0 saturated heterocycles. The average molecular weight is 197 g/mol. The van der Waals surface area contributed by atoms with E-state index < -0.39 is 6.09 Å². The first-order chi connectivity index (χ1) is 6.59. The monoisotopic (exact) mass is 197 g/mol. The SMILES string of the molecule is Cc1[nH]ncc1CNC(=O)OC(C)C. The fourth-order valence-electron chi connectivity index (χ4n) is 0.977. The minimum atomic E-state index is -0.402. The normalized spacial score (nSPS) is 10.3. The number of aromatic amines is 1. The molecule has 78 valence electrons. The molecule has 0 atom stereocenters. The Morgan fingerprint density at radius 1 is 1.71 bits per heavy atom. The molecular formula is C9H15N3O2. The molecule has 1 rings (SSSR count). The molecule has 1 aromatic heterocycles. The fraction of sp³-hybridized carbons (Fsp3) is 0.556. The van der Waals surface area contributed by atoms with Crippen LogP contribution in [0.25, 0.3) is 0 Å². The second kappa shape index (κ2) is 4.64. The summed E-state index contributed by atoms with van der Waals surface area (Å²) >= 11 is 0. The number of aromatic nitrogens is 2. The molecule has 1 heterocycles. The van der Waals surface area contributed by atoms with Crippen LogP contribution in [-0.4, -0.2) is 22.4 Å². The molecule has 0 aliphatic carbocycles. The molecule has 1 amide bonds. The van der Waals surface area contributed by atoms with E-state index in [1.54, 1.807) is 6.20 Å². The van der Waals surface area contributed by atoms with Crippen LogP contribution in [0.2, 0.25) is 0 Å². The lowest BCUT2D eigenvalue weighted by atomic mass is 10.3. The number of amides is 1. The molecule has 5 heteroatoms. The number of nitrogens with zero attached hydrogens (tertiary/aromatic N) is 1. The molecule has 0 aromatic carbocycles. The number of ether oxygens (including phenoxy) is 1. The Kier molecular flexibility index (Phi) is 3.50. The first-order valence-corrected chi connectivity index (χ1v) is 4.53. The Bertz CT molecular complexity index is 307. The van der Waals surface area contributed by atoms with Gasteiger partial charge in [0.1, 0.15) is 0 Å². The van der Waals surface area contributed by atoms with E-state index >= 15 is 0 Å². The number of alkyl carbamates (subject to hydrolysis) is 1. The molecule has 0 aliphatic rings. The van der Waals surface area contributed by atoms with Crippen molar-refractivity contribution in [2.24, 2.45) is 0 Å². The molecule has 0 bridgehead atoms. The maximum atomic E-state index is 11.1. The van der Waals surface area contributed by atoms with Crippen molar-refractivity contribution in [3.8, 4) is 0 Å². The molecule has 2 N–H and O–H groups in total. The number of aryl methyl sites for hydroxylation is 1. The molecule has 0 unspecified atom stereocenters. The molecule has 0 fully saturated rings. The Labute approximate surface area is 82.8 Å². The largest absolute Gasteiger partial charge is 0.447 e. The predicted molar refractivity (Wildman–Crippen MR) is 51.8 cm³/mol. The van der Waals surface area contributed by atoms with E-state index in [1.807, 2.05) is 20.8 Å². The third kappa shape index (κ3) is 3.08. The summed E-state index contributed by atoms with van der Waals surface area (Å²) in [5.74, 6) is 0. The van der Waals surface area contributed by atoms with E-state index in [0.29, 0.717) is 6.54 Å². The number of carbonyl (C=O) groups is 1. The molecule has 1 aromatic rings. The predicted octanol–water partition coefficient (Wildman–Crippen LogP) is 1.35. The van der Waals surface area contributed by atoms with Crippen LogP contribution in [0, 0.1) is 6.92 Å². The van der Waals surface area contributed by atoms with Crippen LogP contribution >= 0.6 is 0 Å². The average Bonchev–Trinajstić information content (AvgIpc) is 2.46. The first kappa shape index (κ1) is 10.6. The molecule has 5 nitrogen and oxygen atoms in total. The van der Waals surface area contributed by atoms with Gasteiger partial charge in [-0.3, -0.25) is 5.10 Å². The van der Waals surface area contributed by atoms with Crippen LogP contribution in [0.5, 0.6) is 0 Å². The van der Waals surface area contributed by atoms with Gasteiger partial charge in [0.25, 0.3) is 0 Å². The fourth-order valence-corrected chi connectivity index (χ4v) is 0.977. The Morgan fingerprint density at radius 2 is 2.43 bits per heavy atom. The maximum Gasteiger partial charge on any atom is 0.407 e. The zero-order chi connectivity index (χ0) is 10.6.